The standard InChI is InChI=1S/C24H29N3O3/c1-3-18-7-9-20(10-8-18)27-17-19(15-23(27)28)24(29)26-13-11-25(12-14-26)21-5-4-6-22(16-21)30-2/h4-10,16,19H,3,11-15,17H2,1-2H3/t19-/m1/s1. The predicted molar refractivity (Wildman–Crippen MR) is 118 cm³/mol. The van der Waals surface area contributed by atoms with Gasteiger partial charge < -0.3 is 19.4 Å². The topological polar surface area (TPSA) is 53.1 Å². The third kappa shape index (κ3) is 4.13. The Morgan fingerprint density at radius 3 is 2.43 bits per heavy atom. The van der Waals surface area contributed by atoms with Crippen molar-refractivity contribution in [2.45, 2.75) is 19.8 Å². The minimum absolute atomic E-state index is 0.0348. The van der Waals surface area contributed by atoms with Crippen LogP contribution < -0.4 is 14.5 Å². The number of anilines is 2. The number of methoxy groups -OCH3 is 1. The molecule has 0 unspecified atom stereocenters. The summed E-state index contributed by atoms with van der Waals surface area (Å²) in [6, 6.07) is 16.1. The lowest BCUT2D eigenvalue weighted by Gasteiger charge is -2.37. The van der Waals surface area contributed by atoms with Crippen molar-refractivity contribution in [2.75, 3.05) is 49.6 Å². The number of aryl methyl sites for hydroxylation is 1. The van der Waals surface area contributed by atoms with Crippen molar-refractivity contribution in [1.29, 1.82) is 0 Å². The van der Waals surface area contributed by atoms with Gasteiger partial charge in [0, 0.05) is 56.6 Å². The molecule has 2 amide bonds. The summed E-state index contributed by atoms with van der Waals surface area (Å²) in [5.41, 5.74) is 3.24. The van der Waals surface area contributed by atoms with E-state index in [2.05, 4.69) is 30.0 Å². The van der Waals surface area contributed by atoms with Gasteiger partial charge in [0.2, 0.25) is 11.8 Å². The predicted octanol–water partition coefficient (Wildman–Crippen LogP) is 2.96. The van der Waals surface area contributed by atoms with E-state index in [1.807, 2.05) is 35.2 Å². The Bertz CT molecular complexity index is 904. The van der Waals surface area contributed by atoms with E-state index in [-0.39, 0.29) is 17.7 Å². The van der Waals surface area contributed by atoms with Gasteiger partial charge in [0.15, 0.2) is 0 Å². The highest BCUT2D eigenvalue weighted by molar-refractivity contribution is 6.00. The van der Waals surface area contributed by atoms with Gasteiger partial charge in [-0.05, 0) is 36.2 Å². The molecule has 2 heterocycles. The summed E-state index contributed by atoms with van der Waals surface area (Å²) in [6.07, 6.45) is 1.27. The lowest BCUT2D eigenvalue weighted by Crippen LogP contribution is -2.50. The number of hydrogen-bond donors (Lipinski definition) is 0. The molecule has 30 heavy (non-hydrogen) atoms. The van der Waals surface area contributed by atoms with Crippen molar-refractivity contribution >= 4 is 23.2 Å². The van der Waals surface area contributed by atoms with E-state index < -0.39 is 0 Å². The molecule has 0 spiro atoms. The largest absolute Gasteiger partial charge is 0.497 e. The van der Waals surface area contributed by atoms with Gasteiger partial charge in [-0.3, -0.25) is 9.59 Å². The zero-order chi connectivity index (χ0) is 21.1. The molecule has 2 aliphatic heterocycles. The Hall–Kier alpha value is -3.02. The summed E-state index contributed by atoms with van der Waals surface area (Å²) in [7, 11) is 1.67. The fraction of sp³-hybridized carbons (Fsp3) is 0.417. The van der Waals surface area contributed by atoms with Gasteiger partial charge >= 0.3 is 0 Å². The zero-order valence-electron chi connectivity index (χ0n) is 17.7. The van der Waals surface area contributed by atoms with E-state index in [4.69, 9.17) is 4.74 Å². The van der Waals surface area contributed by atoms with Gasteiger partial charge in [0.05, 0.1) is 13.0 Å². The molecule has 2 fully saturated rings. The molecule has 0 N–H and O–H groups in total. The lowest BCUT2D eigenvalue weighted by atomic mass is 10.1. The first-order chi connectivity index (χ1) is 14.6. The Balaban J connectivity index is 1.35. The van der Waals surface area contributed by atoms with Crippen LogP contribution in [0.2, 0.25) is 0 Å². The summed E-state index contributed by atoms with van der Waals surface area (Å²) in [6.45, 7) is 5.49. The molecule has 2 saturated heterocycles. The van der Waals surface area contributed by atoms with Gasteiger partial charge in [-0.15, -0.1) is 0 Å². The minimum Gasteiger partial charge on any atom is -0.497 e. The molecule has 4 rings (SSSR count). The molecule has 6 heteroatoms. The Morgan fingerprint density at radius 2 is 1.77 bits per heavy atom. The highest BCUT2D eigenvalue weighted by Gasteiger charge is 2.37. The van der Waals surface area contributed by atoms with Crippen LogP contribution in [-0.2, 0) is 16.0 Å². The van der Waals surface area contributed by atoms with E-state index in [0.717, 1.165) is 36.6 Å². The smallest absolute Gasteiger partial charge is 0.228 e. The number of ether oxygens (including phenoxy) is 1. The molecular formula is C24H29N3O3. The zero-order valence-corrected chi connectivity index (χ0v) is 17.7. The molecule has 2 aliphatic rings. The second-order valence-corrected chi connectivity index (χ2v) is 7.94. The maximum absolute atomic E-state index is 13.1. The summed E-state index contributed by atoms with van der Waals surface area (Å²) < 4.78 is 5.31. The normalized spacial score (nSPS) is 19.3. The third-order valence-corrected chi connectivity index (χ3v) is 6.14. The van der Waals surface area contributed by atoms with Crippen molar-refractivity contribution in [1.82, 2.24) is 4.90 Å². The van der Waals surface area contributed by atoms with E-state index in [1.54, 1.807) is 12.0 Å². The fourth-order valence-corrected chi connectivity index (χ4v) is 4.28. The van der Waals surface area contributed by atoms with Gasteiger partial charge in [0.25, 0.3) is 0 Å². The first kappa shape index (κ1) is 20.3. The maximum Gasteiger partial charge on any atom is 0.228 e. The van der Waals surface area contributed by atoms with E-state index in [9.17, 15) is 9.59 Å². The first-order valence-electron chi connectivity index (χ1n) is 10.7. The van der Waals surface area contributed by atoms with Crippen LogP contribution in [0.4, 0.5) is 11.4 Å². The molecule has 0 aromatic heterocycles. The number of piperazine rings is 1. The third-order valence-electron chi connectivity index (χ3n) is 6.14. The van der Waals surface area contributed by atoms with Gasteiger partial charge in [-0.25, -0.2) is 0 Å². The summed E-state index contributed by atoms with van der Waals surface area (Å²) in [4.78, 5) is 31.6. The van der Waals surface area contributed by atoms with Crippen LogP contribution in [0.1, 0.15) is 18.9 Å². The Morgan fingerprint density at radius 1 is 1.03 bits per heavy atom. The second-order valence-electron chi connectivity index (χ2n) is 7.94. The van der Waals surface area contributed by atoms with Crippen LogP contribution >= 0.6 is 0 Å². The number of carbonyl (C=O) groups excluding carboxylic acids is 2. The average Bonchev–Trinajstić information content (AvgIpc) is 3.20. The van der Waals surface area contributed by atoms with Gasteiger partial charge in [0.1, 0.15) is 5.75 Å². The number of hydrogen-bond acceptors (Lipinski definition) is 4. The summed E-state index contributed by atoms with van der Waals surface area (Å²) >= 11 is 0. The summed E-state index contributed by atoms with van der Waals surface area (Å²) in [5, 5.41) is 0. The quantitative estimate of drug-likeness (QED) is 0.765. The molecule has 2 aromatic rings. The van der Waals surface area contributed by atoms with Crippen molar-refractivity contribution in [3.05, 3.63) is 54.1 Å². The number of rotatable bonds is 5. The molecule has 6 nitrogen and oxygen atoms in total. The van der Waals surface area contributed by atoms with Crippen LogP contribution in [-0.4, -0.2) is 56.5 Å². The highest BCUT2D eigenvalue weighted by atomic mass is 16.5. The lowest BCUT2D eigenvalue weighted by molar-refractivity contribution is -0.136. The van der Waals surface area contributed by atoms with Gasteiger partial charge in [-0.1, -0.05) is 25.1 Å². The minimum atomic E-state index is -0.258. The summed E-state index contributed by atoms with van der Waals surface area (Å²) in [5.74, 6) is 0.711. The SMILES string of the molecule is CCc1ccc(N2C[C@H](C(=O)N3CCN(c4cccc(OC)c4)CC3)CC2=O)cc1. The van der Waals surface area contributed by atoms with Gasteiger partial charge in [-0.2, -0.15) is 0 Å². The van der Waals surface area contributed by atoms with E-state index in [1.165, 1.54) is 5.56 Å². The Labute approximate surface area is 178 Å². The Kier molecular flexibility index (Phi) is 5.93. The number of nitrogens with zero attached hydrogens (tertiary/aromatic N) is 3. The van der Waals surface area contributed by atoms with E-state index in [0.29, 0.717) is 26.1 Å². The van der Waals surface area contributed by atoms with Crippen LogP contribution in [0, 0.1) is 5.92 Å². The number of amides is 2. The average molecular weight is 408 g/mol. The highest BCUT2D eigenvalue weighted by Crippen LogP contribution is 2.28. The molecular weight excluding hydrogens is 378 g/mol. The molecule has 2 aromatic carbocycles. The molecule has 0 radical (unpaired) electrons. The van der Waals surface area contributed by atoms with Crippen molar-refractivity contribution in [3.63, 3.8) is 0 Å². The van der Waals surface area contributed by atoms with Crippen LogP contribution in [0.25, 0.3) is 0 Å². The second kappa shape index (κ2) is 8.78. The van der Waals surface area contributed by atoms with E-state index >= 15 is 0 Å². The first-order valence-corrected chi connectivity index (χ1v) is 10.7. The van der Waals surface area contributed by atoms with Crippen LogP contribution in [0.5, 0.6) is 5.75 Å². The molecule has 0 bridgehead atoms. The number of benzene rings is 2. The van der Waals surface area contributed by atoms with Crippen molar-refractivity contribution in [3.8, 4) is 5.75 Å². The molecule has 158 valence electrons. The fourth-order valence-electron chi connectivity index (χ4n) is 4.28. The van der Waals surface area contributed by atoms with Crippen molar-refractivity contribution in [2.24, 2.45) is 5.92 Å². The molecule has 0 aliphatic carbocycles. The van der Waals surface area contributed by atoms with Crippen molar-refractivity contribution < 1.29 is 14.3 Å². The van der Waals surface area contributed by atoms with Crippen LogP contribution in [0.3, 0.4) is 0 Å². The molecule has 0 saturated carbocycles. The molecule has 1 atom stereocenters. The number of carbonyl (C=O) groups is 2. The monoisotopic (exact) mass is 407 g/mol. The van der Waals surface area contributed by atoms with Crippen LogP contribution in [0.15, 0.2) is 48.5 Å². The maximum atomic E-state index is 13.1.